The van der Waals surface area contributed by atoms with Crippen molar-refractivity contribution in [3.63, 3.8) is 0 Å². The molecule has 26 heavy (non-hydrogen) atoms. The summed E-state index contributed by atoms with van der Waals surface area (Å²) in [4.78, 5) is 0. The maximum absolute atomic E-state index is 5.93. The molecule has 0 amide bonds. The minimum Gasteiger partial charge on any atom is -0.490 e. The van der Waals surface area contributed by atoms with Crippen LogP contribution in [0.25, 0.3) is 10.8 Å². The zero-order chi connectivity index (χ0) is 17.9. The van der Waals surface area contributed by atoms with Crippen molar-refractivity contribution in [3.05, 3.63) is 36.4 Å². The van der Waals surface area contributed by atoms with Crippen molar-refractivity contribution in [1.82, 2.24) is 0 Å². The first-order chi connectivity index (χ1) is 12.9. The van der Waals surface area contributed by atoms with Gasteiger partial charge < -0.3 is 28.4 Å². The lowest BCUT2D eigenvalue weighted by molar-refractivity contribution is -0.00666. The number of hydrogen-bond donors (Lipinski definition) is 0. The summed E-state index contributed by atoms with van der Waals surface area (Å²) in [5.74, 6) is 1.59. The zero-order valence-electron chi connectivity index (χ0n) is 15.0. The summed E-state index contributed by atoms with van der Waals surface area (Å²) >= 11 is 0. The van der Waals surface area contributed by atoms with Crippen molar-refractivity contribution in [2.24, 2.45) is 0 Å². The summed E-state index contributed by atoms with van der Waals surface area (Å²) in [5.41, 5.74) is 0. The molecule has 0 bridgehead atoms. The van der Waals surface area contributed by atoms with Crippen LogP contribution in [0.1, 0.15) is 0 Å². The fraction of sp³-hybridized carbons (Fsp3) is 0.500. The fourth-order valence-corrected chi connectivity index (χ4v) is 2.70. The molecule has 0 atom stereocenters. The third kappa shape index (κ3) is 5.85. The lowest BCUT2D eigenvalue weighted by Gasteiger charge is -2.14. The van der Waals surface area contributed by atoms with Gasteiger partial charge >= 0.3 is 0 Å². The third-order valence-corrected chi connectivity index (χ3v) is 3.91. The van der Waals surface area contributed by atoms with Crippen LogP contribution in [0.3, 0.4) is 0 Å². The van der Waals surface area contributed by atoms with E-state index >= 15 is 0 Å². The van der Waals surface area contributed by atoms with Crippen molar-refractivity contribution >= 4 is 10.8 Å². The van der Waals surface area contributed by atoms with Gasteiger partial charge in [0.1, 0.15) is 24.7 Å². The molecule has 0 spiro atoms. The van der Waals surface area contributed by atoms with E-state index in [0.717, 1.165) is 22.3 Å². The second kappa shape index (κ2) is 11.0. The highest BCUT2D eigenvalue weighted by atomic mass is 16.6. The first-order valence-electron chi connectivity index (χ1n) is 9.03. The number of ether oxygens (including phenoxy) is 6. The molecule has 0 aromatic heterocycles. The van der Waals surface area contributed by atoms with Crippen LogP contribution in [0.2, 0.25) is 0 Å². The predicted molar refractivity (Wildman–Crippen MR) is 98.2 cm³/mol. The molecule has 3 rings (SSSR count). The summed E-state index contributed by atoms with van der Waals surface area (Å²) in [5, 5.41) is 2.05. The highest BCUT2D eigenvalue weighted by molar-refractivity contribution is 5.93. The molecule has 2 aromatic carbocycles. The molecule has 1 heterocycles. The third-order valence-electron chi connectivity index (χ3n) is 3.91. The van der Waals surface area contributed by atoms with E-state index in [0.29, 0.717) is 66.1 Å². The van der Waals surface area contributed by atoms with Crippen molar-refractivity contribution in [2.45, 2.75) is 0 Å². The average Bonchev–Trinajstić information content (AvgIpc) is 2.67. The van der Waals surface area contributed by atoms with Crippen LogP contribution >= 0.6 is 0 Å². The van der Waals surface area contributed by atoms with Gasteiger partial charge in [0.15, 0.2) is 0 Å². The molecule has 142 valence electrons. The van der Waals surface area contributed by atoms with Gasteiger partial charge in [-0.15, -0.1) is 0 Å². The van der Waals surface area contributed by atoms with Crippen LogP contribution in [0.4, 0.5) is 0 Å². The van der Waals surface area contributed by atoms with Gasteiger partial charge in [-0.05, 0) is 17.5 Å². The molecule has 0 saturated carbocycles. The van der Waals surface area contributed by atoms with Gasteiger partial charge in [-0.2, -0.15) is 0 Å². The minimum absolute atomic E-state index is 0.472. The Morgan fingerprint density at radius 3 is 1.27 bits per heavy atom. The first kappa shape index (κ1) is 18.9. The highest BCUT2D eigenvalue weighted by Crippen LogP contribution is 2.34. The smallest absolute Gasteiger partial charge is 0.130 e. The van der Waals surface area contributed by atoms with Gasteiger partial charge in [0.05, 0.1) is 58.2 Å². The van der Waals surface area contributed by atoms with E-state index in [2.05, 4.69) is 0 Å². The highest BCUT2D eigenvalue weighted by Gasteiger charge is 2.09. The van der Waals surface area contributed by atoms with Crippen molar-refractivity contribution < 1.29 is 28.4 Å². The summed E-state index contributed by atoms with van der Waals surface area (Å²) in [6.07, 6.45) is 0. The van der Waals surface area contributed by atoms with E-state index < -0.39 is 0 Å². The van der Waals surface area contributed by atoms with Gasteiger partial charge in [0, 0.05) is 0 Å². The Morgan fingerprint density at radius 2 is 0.846 bits per heavy atom. The summed E-state index contributed by atoms with van der Waals surface area (Å²) in [6, 6.07) is 12.0. The minimum atomic E-state index is 0.472. The van der Waals surface area contributed by atoms with Gasteiger partial charge in [-0.1, -0.05) is 24.3 Å². The Bertz CT molecular complexity index is 607. The molecule has 2 aromatic rings. The zero-order valence-corrected chi connectivity index (χ0v) is 15.0. The summed E-state index contributed by atoms with van der Waals surface area (Å²) < 4.78 is 33.8. The topological polar surface area (TPSA) is 55.4 Å². The largest absolute Gasteiger partial charge is 0.490 e. The Hall–Kier alpha value is -1.86. The van der Waals surface area contributed by atoms with Gasteiger partial charge in [-0.3, -0.25) is 0 Å². The van der Waals surface area contributed by atoms with Crippen LogP contribution in [0.15, 0.2) is 36.4 Å². The number of benzene rings is 2. The normalized spacial score (nSPS) is 18.8. The van der Waals surface area contributed by atoms with Gasteiger partial charge in [-0.25, -0.2) is 0 Å². The molecule has 6 heteroatoms. The van der Waals surface area contributed by atoms with Crippen LogP contribution in [0, 0.1) is 0 Å². The molecule has 0 saturated heterocycles. The van der Waals surface area contributed by atoms with Gasteiger partial charge in [0.2, 0.25) is 0 Å². The molecule has 6 nitrogen and oxygen atoms in total. The average molecular weight is 362 g/mol. The van der Waals surface area contributed by atoms with Crippen molar-refractivity contribution in [1.29, 1.82) is 0 Å². The van der Waals surface area contributed by atoms with Crippen LogP contribution in [-0.2, 0) is 18.9 Å². The lowest BCUT2D eigenvalue weighted by atomic mass is 10.1. The predicted octanol–water partition coefficient (Wildman–Crippen LogP) is 2.68. The molecule has 0 fully saturated rings. The maximum Gasteiger partial charge on any atom is 0.130 e. The van der Waals surface area contributed by atoms with E-state index in [1.54, 1.807) is 0 Å². The molecule has 1 aliphatic heterocycles. The Labute approximate surface area is 153 Å². The van der Waals surface area contributed by atoms with E-state index in [1.807, 2.05) is 36.4 Å². The summed E-state index contributed by atoms with van der Waals surface area (Å²) in [7, 11) is 0. The van der Waals surface area contributed by atoms with Crippen molar-refractivity contribution in [3.8, 4) is 11.5 Å². The second-order valence-corrected chi connectivity index (χ2v) is 5.76. The molecular formula is C20H26O6. The summed E-state index contributed by atoms with van der Waals surface area (Å²) in [6.45, 7) is 5.24. The molecule has 1 aliphatic rings. The van der Waals surface area contributed by atoms with E-state index in [1.165, 1.54) is 0 Å². The van der Waals surface area contributed by atoms with Crippen LogP contribution in [0.5, 0.6) is 11.5 Å². The second-order valence-electron chi connectivity index (χ2n) is 5.76. The Morgan fingerprint density at radius 1 is 0.462 bits per heavy atom. The Kier molecular flexibility index (Phi) is 7.99. The van der Waals surface area contributed by atoms with Crippen molar-refractivity contribution in [2.75, 3.05) is 66.1 Å². The molecule has 0 aliphatic carbocycles. The first-order valence-corrected chi connectivity index (χ1v) is 9.03. The monoisotopic (exact) mass is 362 g/mol. The Balaban J connectivity index is 1.66. The SMILES string of the molecule is c1cc2c3c(cccc3c1)OCCOCCOCCOCCOCCO2. The maximum atomic E-state index is 5.93. The molecular weight excluding hydrogens is 336 g/mol. The van der Waals surface area contributed by atoms with Gasteiger partial charge in [0.25, 0.3) is 0 Å². The number of rotatable bonds is 0. The van der Waals surface area contributed by atoms with E-state index in [-0.39, 0.29) is 0 Å². The molecule has 0 radical (unpaired) electrons. The molecule has 0 N–H and O–H groups in total. The van der Waals surface area contributed by atoms with E-state index in [9.17, 15) is 0 Å². The number of hydrogen-bond acceptors (Lipinski definition) is 6. The van der Waals surface area contributed by atoms with Crippen LogP contribution in [-0.4, -0.2) is 66.1 Å². The lowest BCUT2D eigenvalue weighted by Crippen LogP contribution is -2.14. The quantitative estimate of drug-likeness (QED) is 0.718. The van der Waals surface area contributed by atoms with Crippen LogP contribution < -0.4 is 9.47 Å². The fourth-order valence-electron chi connectivity index (χ4n) is 2.70. The standard InChI is InChI=1S/C20H26O6/c1-3-17-4-2-6-19-20(17)18(5-1)25-15-13-23-11-9-21-7-8-22-10-12-24-14-16-26-19/h1-6H,7-16H2. The molecule has 0 unspecified atom stereocenters. The van der Waals surface area contributed by atoms with E-state index in [4.69, 9.17) is 28.4 Å².